The van der Waals surface area contributed by atoms with Gasteiger partial charge in [-0.2, -0.15) is 4.31 Å². The Hall–Kier alpha value is -1.47. The van der Waals surface area contributed by atoms with Crippen LogP contribution < -0.4 is 0 Å². The first-order valence-electron chi connectivity index (χ1n) is 6.74. The van der Waals surface area contributed by atoms with E-state index in [0.29, 0.717) is 12.8 Å². The summed E-state index contributed by atoms with van der Waals surface area (Å²) in [6.07, 6.45) is 0.960. The molecule has 116 valence electrons. The summed E-state index contributed by atoms with van der Waals surface area (Å²) >= 11 is 0. The highest BCUT2D eigenvalue weighted by Gasteiger charge is 2.37. The third-order valence-corrected chi connectivity index (χ3v) is 5.89. The molecule has 0 radical (unpaired) electrons. The number of aryl methyl sites for hydroxylation is 1. The van der Waals surface area contributed by atoms with E-state index >= 15 is 0 Å². The standard InChI is InChI=1S/C14H18FNO4S/c1-9-7-12(5-6-13(9)15)21(19,20)16-8-11(14(17)18)4-3-10(16)2/h5-7,10-11H,3-4,8H2,1-2H3,(H,17,18). The molecule has 0 bridgehead atoms. The number of aliphatic carboxylic acids is 1. The molecule has 5 nitrogen and oxygen atoms in total. The van der Waals surface area contributed by atoms with E-state index in [1.807, 2.05) is 0 Å². The van der Waals surface area contributed by atoms with Gasteiger partial charge in [0.15, 0.2) is 0 Å². The van der Waals surface area contributed by atoms with Crippen molar-refractivity contribution in [3.63, 3.8) is 0 Å². The van der Waals surface area contributed by atoms with Crippen LogP contribution in [-0.4, -0.2) is 36.4 Å². The second-order valence-corrected chi connectivity index (χ2v) is 7.34. The maximum absolute atomic E-state index is 13.3. The Morgan fingerprint density at radius 3 is 2.62 bits per heavy atom. The molecule has 2 unspecified atom stereocenters. The molecule has 1 heterocycles. The first kappa shape index (κ1) is 15.9. The molecule has 1 aromatic carbocycles. The van der Waals surface area contributed by atoms with Gasteiger partial charge in [-0.3, -0.25) is 4.79 Å². The number of sulfonamides is 1. The summed E-state index contributed by atoms with van der Waals surface area (Å²) in [5.74, 6) is -2.15. The highest BCUT2D eigenvalue weighted by Crippen LogP contribution is 2.28. The van der Waals surface area contributed by atoms with Gasteiger partial charge in [0.1, 0.15) is 5.82 Å². The van der Waals surface area contributed by atoms with Crippen LogP contribution in [0.25, 0.3) is 0 Å². The Bertz CT molecular complexity index is 659. The van der Waals surface area contributed by atoms with Gasteiger partial charge in [-0.15, -0.1) is 0 Å². The maximum atomic E-state index is 13.3. The molecule has 7 heteroatoms. The molecule has 0 aromatic heterocycles. The quantitative estimate of drug-likeness (QED) is 0.926. The molecule has 21 heavy (non-hydrogen) atoms. The number of carbonyl (C=O) groups is 1. The fraction of sp³-hybridized carbons (Fsp3) is 0.500. The van der Waals surface area contributed by atoms with E-state index in [2.05, 4.69) is 0 Å². The van der Waals surface area contributed by atoms with Gasteiger partial charge in [0.2, 0.25) is 10.0 Å². The average Bonchev–Trinajstić information content (AvgIpc) is 2.41. The zero-order chi connectivity index (χ0) is 15.8. The van der Waals surface area contributed by atoms with Crippen molar-refractivity contribution in [2.45, 2.75) is 37.6 Å². The Morgan fingerprint density at radius 1 is 1.38 bits per heavy atom. The number of nitrogens with zero attached hydrogens (tertiary/aromatic N) is 1. The molecule has 0 spiro atoms. The van der Waals surface area contributed by atoms with Gasteiger partial charge in [-0.05, 0) is 50.5 Å². The lowest BCUT2D eigenvalue weighted by molar-refractivity contribution is -0.143. The van der Waals surface area contributed by atoms with Gasteiger partial charge in [-0.25, -0.2) is 12.8 Å². The molecular formula is C14H18FNO4S. The second kappa shape index (κ2) is 5.73. The van der Waals surface area contributed by atoms with Crippen LogP contribution in [0.1, 0.15) is 25.3 Å². The van der Waals surface area contributed by atoms with Gasteiger partial charge in [0.05, 0.1) is 10.8 Å². The Labute approximate surface area is 123 Å². The minimum atomic E-state index is -3.81. The molecule has 2 atom stereocenters. The second-order valence-electron chi connectivity index (χ2n) is 5.45. The minimum Gasteiger partial charge on any atom is -0.481 e. The van der Waals surface area contributed by atoms with Crippen molar-refractivity contribution in [2.24, 2.45) is 5.92 Å². The fourth-order valence-electron chi connectivity index (χ4n) is 2.52. The lowest BCUT2D eigenvalue weighted by atomic mass is 9.96. The summed E-state index contributed by atoms with van der Waals surface area (Å²) < 4.78 is 39.8. The van der Waals surface area contributed by atoms with Crippen LogP contribution in [-0.2, 0) is 14.8 Å². The van der Waals surface area contributed by atoms with E-state index in [1.165, 1.54) is 23.4 Å². The summed E-state index contributed by atoms with van der Waals surface area (Å²) in [7, 11) is -3.81. The molecule has 2 rings (SSSR count). The van der Waals surface area contributed by atoms with Gasteiger partial charge in [-0.1, -0.05) is 0 Å². The highest BCUT2D eigenvalue weighted by atomic mass is 32.2. The van der Waals surface area contributed by atoms with Crippen molar-refractivity contribution in [3.8, 4) is 0 Å². The number of carboxylic acid groups (broad SMARTS) is 1. The summed E-state index contributed by atoms with van der Waals surface area (Å²) in [6.45, 7) is 3.20. The molecule has 0 saturated carbocycles. The van der Waals surface area contributed by atoms with Crippen LogP contribution in [0.2, 0.25) is 0 Å². The molecule has 1 aromatic rings. The van der Waals surface area contributed by atoms with E-state index in [9.17, 15) is 17.6 Å². The largest absolute Gasteiger partial charge is 0.481 e. The van der Waals surface area contributed by atoms with Crippen molar-refractivity contribution < 1.29 is 22.7 Å². The monoisotopic (exact) mass is 315 g/mol. The van der Waals surface area contributed by atoms with Gasteiger partial charge in [0, 0.05) is 12.6 Å². The van der Waals surface area contributed by atoms with Crippen LogP contribution in [0.3, 0.4) is 0 Å². The molecule has 1 fully saturated rings. The number of hydrogen-bond donors (Lipinski definition) is 1. The molecular weight excluding hydrogens is 297 g/mol. The Morgan fingerprint density at radius 2 is 2.05 bits per heavy atom. The van der Waals surface area contributed by atoms with E-state index in [1.54, 1.807) is 6.92 Å². The zero-order valence-electron chi connectivity index (χ0n) is 11.9. The maximum Gasteiger partial charge on any atom is 0.307 e. The average molecular weight is 315 g/mol. The number of halogens is 1. The van der Waals surface area contributed by atoms with Gasteiger partial charge < -0.3 is 5.11 Å². The van der Waals surface area contributed by atoms with Crippen molar-refractivity contribution in [1.29, 1.82) is 0 Å². The third kappa shape index (κ3) is 3.08. The fourth-order valence-corrected chi connectivity index (χ4v) is 4.32. The zero-order valence-corrected chi connectivity index (χ0v) is 12.7. The van der Waals surface area contributed by atoms with Crippen molar-refractivity contribution >= 4 is 16.0 Å². The van der Waals surface area contributed by atoms with Crippen LogP contribution in [0, 0.1) is 18.7 Å². The van der Waals surface area contributed by atoms with E-state index in [-0.39, 0.29) is 23.0 Å². The summed E-state index contributed by atoms with van der Waals surface area (Å²) in [5.41, 5.74) is 0.246. The van der Waals surface area contributed by atoms with Crippen molar-refractivity contribution in [3.05, 3.63) is 29.6 Å². The van der Waals surface area contributed by atoms with Crippen LogP contribution >= 0.6 is 0 Å². The van der Waals surface area contributed by atoms with Crippen molar-refractivity contribution in [2.75, 3.05) is 6.54 Å². The smallest absolute Gasteiger partial charge is 0.307 e. The first-order chi connectivity index (χ1) is 9.73. The van der Waals surface area contributed by atoms with Crippen LogP contribution in [0.15, 0.2) is 23.1 Å². The lowest BCUT2D eigenvalue weighted by Gasteiger charge is -2.35. The summed E-state index contributed by atoms with van der Waals surface area (Å²) in [5, 5.41) is 9.09. The predicted octanol–water partition coefficient (Wildman–Crippen LogP) is 2.01. The molecule has 0 amide bonds. The Kier molecular flexibility index (Phi) is 4.34. The molecule has 0 aliphatic carbocycles. The SMILES string of the molecule is Cc1cc(S(=O)(=O)N2CC(C(=O)O)CCC2C)ccc1F. The van der Waals surface area contributed by atoms with E-state index < -0.39 is 27.7 Å². The number of carboxylic acids is 1. The highest BCUT2D eigenvalue weighted by molar-refractivity contribution is 7.89. The molecule has 1 aliphatic rings. The van der Waals surface area contributed by atoms with E-state index in [0.717, 1.165) is 6.07 Å². The van der Waals surface area contributed by atoms with E-state index in [4.69, 9.17) is 5.11 Å². The molecule has 1 aliphatic heterocycles. The van der Waals surface area contributed by atoms with Gasteiger partial charge in [0.25, 0.3) is 0 Å². The van der Waals surface area contributed by atoms with Crippen molar-refractivity contribution in [1.82, 2.24) is 4.31 Å². The summed E-state index contributed by atoms with van der Waals surface area (Å²) in [4.78, 5) is 11.1. The number of hydrogen-bond acceptors (Lipinski definition) is 3. The number of piperidine rings is 1. The summed E-state index contributed by atoms with van der Waals surface area (Å²) in [6, 6.07) is 3.35. The lowest BCUT2D eigenvalue weighted by Crippen LogP contribution is -2.47. The number of rotatable bonds is 3. The third-order valence-electron chi connectivity index (χ3n) is 3.91. The predicted molar refractivity (Wildman–Crippen MR) is 74.9 cm³/mol. The topological polar surface area (TPSA) is 74.7 Å². The van der Waals surface area contributed by atoms with Crippen LogP contribution in [0.5, 0.6) is 0 Å². The van der Waals surface area contributed by atoms with Gasteiger partial charge >= 0.3 is 5.97 Å². The molecule has 1 N–H and O–H groups in total. The van der Waals surface area contributed by atoms with Crippen LogP contribution in [0.4, 0.5) is 4.39 Å². The minimum absolute atomic E-state index is 0.000659. The normalized spacial score (nSPS) is 24.0. The Balaban J connectivity index is 2.36. The molecule has 1 saturated heterocycles. The number of benzene rings is 1. The first-order valence-corrected chi connectivity index (χ1v) is 8.18.